The van der Waals surface area contributed by atoms with Gasteiger partial charge in [0.15, 0.2) is 0 Å². The van der Waals surface area contributed by atoms with Gasteiger partial charge in [-0.3, -0.25) is 0 Å². The summed E-state index contributed by atoms with van der Waals surface area (Å²) in [6.45, 7) is 15.9. The van der Waals surface area contributed by atoms with Gasteiger partial charge >= 0.3 is 0 Å². The van der Waals surface area contributed by atoms with E-state index < -0.39 is 5.60 Å². The number of hydrogen-bond acceptors (Lipinski definition) is 1. The molecule has 0 heterocycles. The van der Waals surface area contributed by atoms with Crippen LogP contribution in [0.4, 0.5) is 0 Å². The molecule has 0 amide bonds. The average molecular weight is 441 g/mol. The van der Waals surface area contributed by atoms with Gasteiger partial charge in [0.05, 0.1) is 5.60 Å². The highest BCUT2D eigenvalue weighted by Crippen LogP contribution is 2.64. The van der Waals surface area contributed by atoms with E-state index in [0.29, 0.717) is 17.8 Å². The molecule has 2 saturated carbocycles. The first kappa shape index (κ1) is 27.2. The van der Waals surface area contributed by atoms with Crippen LogP contribution in [0.3, 0.4) is 0 Å². The number of allylic oxidation sites excluding steroid dienone is 2. The first-order chi connectivity index (χ1) is 15.2. The van der Waals surface area contributed by atoms with Crippen molar-refractivity contribution in [2.75, 3.05) is 0 Å². The van der Waals surface area contributed by atoms with Crippen molar-refractivity contribution < 1.29 is 5.11 Å². The zero-order chi connectivity index (χ0) is 23.8. The van der Waals surface area contributed by atoms with Crippen molar-refractivity contribution in [1.82, 2.24) is 0 Å². The molecular weight excluding hydrogens is 388 g/mol. The summed E-state index contributed by atoms with van der Waals surface area (Å²) < 4.78 is 0. The van der Waals surface area contributed by atoms with Crippen molar-refractivity contribution in [2.24, 2.45) is 40.9 Å². The van der Waals surface area contributed by atoms with Crippen LogP contribution < -0.4 is 0 Å². The fraction of sp³-hybridized carbons (Fsp3) is 0.806. The standard InChI is InChI=1S/C31H52O/c1-8-11-12-17-26(14-9-2)23-27-20-22-30(7)28(25(6)16-13-15-24(4)5)18-19-29(30)31(27,32)21-10-3/h2,10-12,24-29,32H,3,8,13-23H2,1,4-7H3/b12-11+/t25-,26?,27+,28?,29?,30?,31?/m1/s1. The summed E-state index contributed by atoms with van der Waals surface area (Å²) in [6, 6.07) is 0. The molecular formula is C31H52O. The molecule has 0 aromatic carbocycles. The molecule has 2 rings (SSSR count). The Bertz CT molecular complexity index is 639. The van der Waals surface area contributed by atoms with Gasteiger partial charge in [0, 0.05) is 6.42 Å². The van der Waals surface area contributed by atoms with E-state index >= 15 is 0 Å². The minimum atomic E-state index is -0.623. The Morgan fingerprint density at radius 1 is 1.16 bits per heavy atom. The molecule has 0 spiro atoms. The Morgan fingerprint density at radius 3 is 2.53 bits per heavy atom. The van der Waals surface area contributed by atoms with Gasteiger partial charge in [-0.15, -0.1) is 18.9 Å². The van der Waals surface area contributed by atoms with Gasteiger partial charge < -0.3 is 5.11 Å². The van der Waals surface area contributed by atoms with Gasteiger partial charge in [-0.1, -0.05) is 72.1 Å². The molecule has 2 fully saturated rings. The van der Waals surface area contributed by atoms with E-state index in [1.807, 2.05) is 6.08 Å². The Kier molecular flexibility index (Phi) is 10.6. The summed E-state index contributed by atoms with van der Waals surface area (Å²) in [5.41, 5.74) is -0.363. The molecule has 2 aliphatic carbocycles. The fourth-order valence-corrected chi connectivity index (χ4v) is 7.60. The van der Waals surface area contributed by atoms with Crippen molar-refractivity contribution in [1.29, 1.82) is 0 Å². The van der Waals surface area contributed by atoms with Crippen LogP contribution >= 0.6 is 0 Å². The Hall–Kier alpha value is -1.00. The minimum absolute atomic E-state index is 0.259. The van der Waals surface area contributed by atoms with Crippen molar-refractivity contribution in [3.8, 4) is 12.3 Å². The van der Waals surface area contributed by atoms with E-state index in [1.165, 1.54) is 38.5 Å². The van der Waals surface area contributed by atoms with Crippen LogP contribution in [-0.4, -0.2) is 10.7 Å². The predicted molar refractivity (Wildman–Crippen MR) is 140 cm³/mol. The van der Waals surface area contributed by atoms with E-state index in [2.05, 4.69) is 59.3 Å². The quantitative estimate of drug-likeness (QED) is 0.224. The number of fused-ring (bicyclic) bond motifs is 1. The molecule has 32 heavy (non-hydrogen) atoms. The molecule has 1 N–H and O–H groups in total. The molecule has 0 aromatic heterocycles. The SMILES string of the molecule is C#CCC(C/C=C/CC)C[C@@H]1CCC2(C)C([C@H](C)CCCC(C)C)CCC2C1(O)CC=C. The summed E-state index contributed by atoms with van der Waals surface area (Å²) in [5, 5.41) is 12.3. The molecule has 0 saturated heterocycles. The molecule has 5 unspecified atom stereocenters. The lowest BCUT2D eigenvalue weighted by molar-refractivity contribution is -0.150. The highest BCUT2D eigenvalue weighted by Gasteiger charge is 2.60. The molecule has 2 aliphatic rings. The Morgan fingerprint density at radius 2 is 1.91 bits per heavy atom. The van der Waals surface area contributed by atoms with E-state index in [0.717, 1.165) is 56.3 Å². The van der Waals surface area contributed by atoms with Crippen molar-refractivity contribution in [3.63, 3.8) is 0 Å². The summed E-state index contributed by atoms with van der Waals surface area (Å²) in [7, 11) is 0. The maximum absolute atomic E-state index is 12.3. The van der Waals surface area contributed by atoms with Gasteiger partial charge in [-0.25, -0.2) is 0 Å². The minimum Gasteiger partial charge on any atom is -0.389 e. The molecule has 0 bridgehead atoms. The topological polar surface area (TPSA) is 20.2 Å². The molecule has 0 aliphatic heterocycles. The second-order valence-electron chi connectivity index (χ2n) is 11.9. The van der Waals surface area contributed by atoms with E-state index in [1.54, 1.807) is 0 Å². The maximum Gasteiger partial charge on any atom is 0.0743 e. The summed E-state index contributed by atoms with van der Waals surface area (Å²) >= 11 is 0. The summed E-state index contributed by atoms with van der Waals surface area (Å²) in [4.78, 5) is 0. The normalized spacial score (nSPS) is 34.4. The van der Waals surface area contributed by atoms with Crippen molar-refractivity contribution in [2.45, 2.75) is 117 Å². The van der Waals surface area contributed by atoms with Gasteiger partial charge in [-0.05, 0) is 92.3 Å². The lowest BCUT2D eigenvalue weighted by Gasteiger charge is -2.55. The van der Waals surface area contributed by atoms with Gasteiger partial charge in [0.2, 0.25) is 0 Å². The van der Waals surface area contributed by atoms with E-state index in [-0.39, 0.29) is 5.41 Å². The van der Waals surface area contributed by atoms with Gasteiger partial charge in [-0.2, -0.15) is 0 Å². The third kappa shape index (κ3) is 6.32. The molecule has 7 atom stereocenters. The number of terminal acetylenes is 1. The van der Waals surface area contributed by atoms with Crippen LogP contribution in [0.1, 0.15) is 112 Å². The highest BCUT2D eigenvalue weighted by atomic mass is 16.3. The third-order valence-electron chi connectivity index (χ3n) is 9.25. The lowest BCUT2D eigenvalue weighted by atomic mass is 9.52. The molecule has 182 valence electrons. The number of rotatable bonds is 13. The second-order valence-corrected chi connectivity index (χ2v) is 11.9. The molecule has 0 aromatic rings. The number of aliphatic hydroxyl groups is 1. The Labute approximate surface area is 200 Å². The first-order valence-electron chi connectivity index (χ1n) is 13.6. The van der Waals surface area contributed by atoms with Crippen LogP contribution in [0.15, 0.2) is 24.8 Å². The third-order valence-corrected chi connectivity index (χ3v) is 9.25. The Balaban J connectivity index is 2.17. The summed E-state index contributed by atoms with van der Waals surface area (Å²) in [6.07, 6.45) is 25.8. The van der Waals surface area contributed by atoms with E-state index in [9.17, 15) is 5.11 Å². The molecule has 0 radical (unpaired) electrons. The van der Waals surface area contributed by atoms with Crippen LogP contribution in [-0.2, 0) is 0 Å². The first-order valence-corrected chi connectivity index (χ1v) is 13.6. The van der Waals surface area contributed by atoms with Crippen molar-refractivity contribution in [3.05, 3.63) is 24.8 Å². The molecule has 1 heteroatoms. The smallest absolute Gasteiger partial charge is 0.0743 e. The van der Waals surface area contributed by atoms with Gasteiger partial charge in [0.25, 0.3) is 0 Å². The summed E-state index contributed by atoms with van der Waals surface area (Å²) in [5.74, 6) is 6.40. The fourth-order valence-electron chi connectivity index (χ4n) is 7.60. The monoisotopic (exact) mass is 440 g/mol. The maximum atomic E-state index is 12.3. The van der Waals surface area contributed by atoms with Crippen LogP contribution in [0.5, 0.6) is 0 Å². The van der Waals surface area contributed by atoms with E-state index in [4.69, 9.17) is 6.42 Å². The second kappa shape index (κ2) is 12.5. The van der Waals surface area contributed by atoms with Crippen LogP contribution in [0.2, 0.25) is 0 Å². The molecule has 1 nitrogen and oxygen atoms in total. The zero-order valence-electron chi connectivity index (χ0n) is 21.9. The number of hydrogen-bond donors (Lipinski definition) is 1. The van der Waals surface area contributed by atoms with Crippen molar-refractivity contribution >= 4 is 0 Å². The average Bonchev–Trinajstić information content (AvgIpc) is 3.09. The van der Waals surface area contributed by atoms with Crippen LogP contribution in [0, 0.1) is 53.3 Å². The zero-order valence-corrected chi connectivity index (χ0v) is 21.9. The van der Waals surface area contributed by atoms with Crippen LogP contribution in [0.25, 0.3) is 0 Å². The van der Waals surface area contributed by atoms with Gasteiger partial charge in [0.1, 0.15) is 0 Å². The lowest BCUT2D eigenvalue weighted by Crippen LogP contribution is -2.55. The predicted octanol–water partition coefficient (Wildman–Crippen LogP) is 8.58. The highest BCUT2D eigenvalue weighted by molar-refractivity contribution is 5.12. The largest absolute Gasteiger partial charge is 0.389 e.